The summed E-state index contributed by atoms with van der Waals surface area (Å²) in [6, 6.07) is 17.2. The molecule has 0 amide bonds. The fraction of sp³-hybridized carbons (Fsp3) is 0.222. The first-order chi connectivity index (χ1) is 10.2. The van der Waals surface area contributed by atoms with Crippen LogP contribution in [0.2, 0.25) is 0 Å². The van der Waals surface area contributed by atoms with Crippen molar-refractivity contribution in [2.24, 2.45) is 4.99 Å². The average Bonchev–Trinajstić information content (AvgIpc) is 2.90. The van der Waals surface area contributed by atoms with Gasteiger partial charge in [-0.1, -0.05) is 48.0 Å². The lowest BCUT2D eigenvalue weighted by Crippen LogP contribution is -2.23. The minimum absolute atomic E-state index is 0.307. The molecule has 0 saturated heterocycles. The first-order valence-electron chi connectivity index (χ1n) is 7.33. The van der Waals surface area contributed by atoms with Crippen molar-refractivity contribution >= 4 is 16.6 Å². The molecule has 2 heterocycles. The molecule has 1 aliphatic rings. The van der Waals surface area contributed by atoms with E-state index < -0.39 is 0 Å². The second-order valence-corrected chi connectivity index (χ2v) is 5.71. The van der Waals surface area contributed by atoms with E-state index in [0.29, 0.717) is 6.04 Å². The Morgan fingerprint density at radius 1 is 1.05 bits per heavy atom. The fourth-order valence-corrected chi connectivity index (χ4v) is 2.92. The lowest BCUT2D eigenvalue weighted by Gasteiger charge is -2.21. The van der Waals surface area contributed by atoms with Crippen LogP contribution in [-0.2, 0) is 0 Å². The van der Waals surface area contributed by atoms with Gasteiger partial charge in [-0.3, -0.25) is 9.67 Å². The van der Waals surface area contributed by atoms with Crippen molar-refractivity contribution in [3.8, 4) is 0 Å². The highest BCUT2D eigenvalue weighted by Gasteiger charge is 2.24. The van der Waals surface area contributed by atoms with Crippen LogP contribution in [-0.4, -0.2) is 22.0 Å². The van der Waals surface area contributed by atoms with E-state index in [-0.39, 0.29) is 0 Å². The summed E-state index contributed by atoms with van der Waals surface area (Å²) < 4.78 is 2.13. The molecule has 21 heavy (non-hydrogen) atoms. The Morgan fingerprint density at radius 3 is 2.62 bits per heavy atom. The summed E-state index contributed by atoms with van der Waals surface area (Å²) in [5, 5.41) is 5.95. The van der Waals surface area contributed by atoms with Gasteiger partial charge in [-0.05, 0) is 19.9 Å². The standard InChI is InChI=1S/C18H17N3/c1-12-7-9-14(10-8-12)17-18-15-5-3-4-6-16(15)20-21(18)13(2)11-19-17/h3-10,13H,11H2,1-2H3. The molecule has 0 bridgehead atoms. The third-order valence-electron chi connectivity index (χ3n) is 4.08. The second kappa shape index (κ2) is 4.55. The van der Waals surface area contributed by atoms with Gasteiger partial charge in [0.15, 0.2) is 0 Å². The summed E-state index contributed by atoms with van der Waals surface area (Å²) in [6.45, 7) is 5.06. The van der Waals surface area contributed by atoms with Crippen molar-refractivity contribution in [2.45, 2.75) is 19.9 Å². The predicted molar refractivity (Wildman–Crippen MR) is 86.1 cm³/mol. The first-order valence-corrected chi connectivity index (χ1v) is 7.33. The first kappa shape index (κ1) is 12.3. The highest BCUT2D eigenvalue weighted by atomic mass is 15.3. The van der Waals surface area contributed by atoms with Gasteiger partial charge in [0.25, 0.3) is 0 Å². The molecule has 104 valence electrons. The van der Waals surface area contributed by atoms with Crippen LogP contribution in [0.5, 0.6) is 0 Å². The van der Waals surface area contributed by atoms with E-state index in [1.165, 1.54) is 16.5 Å². The van der Waals surface area contributed by atoms with Crippen LogP contribution in [0.4, 0.5) is 0 Å². The summed E-state index contributed by atoms with van der Waals surface area (Å²) in [4.78, 5) is 4.83. The van der Waals surface area contributed by atoms with Crippen LogP contribution in [0.1, 0.15) is 29.8 Å². The molecule has 1 unspecified atom stereocenters. The number of rotatable bonds is 1. The average molecular weight is 275 g/mol. The summed E-state index contributed by atoms with van der Waals surface area (Å²) in [5.74, 6) is 0. The summed E-state index contributed by atoms with van der Waals surface area (Å²) >= 11 is 0. The van der Waals surface area contributed by atoms with Crippen LogP contribution in [0.3, 0.4) is 0 Å². The Bertz CT molecular complexity index is 841. The van der Waals surface area contributed by atoms with Crippen LogP contribution in [0.25, 0.3) is 10.9 Å². The van der Waals surface area contributed by atoms with E-state index in [4.69, 9.17) is 10.1 Å². The highest BCUT2D eigenvalue weighted by molar-refractivity contribution is 6.18. The topological polar surface area (TPSA) is 30.2 Å². The fourth-order valence-electron chi connectivity index (χ4n) is 2.92. The minimum atomic E-state index is 0.307. The monoisotopic (exact) mass is 275 g/mol. The maximum absolute atomic E-state index is 4.83. The third kappa shape index (κ3) is 1.88. The molecule has 1 atom stereocenters. The van der Waals surface area contributed by atoms with E-state index in [9.17, 15) is 0 Å². The Balaban J connectivity index is 1.97. The van der Waals surface area contributed by atoms with Gasteiger partial charge >= 0.3 is 0 Å². The summed E-state index contributed by atoms with van der Waals surface area (Å²) in [6.07, 6.45) is 0. The molecule has 2 aromatic carbocycles. The van der Waals surface area contributed by atoms with E-state index >= 15 is 0 Å². The smallest absolute Gasteiger partial charge is 0.0951 e. The maximum Gasteiger partial charge on any atom is 0.0951 e. The van der Waals surface area contributed by atoms with Gasteiger partial charge in [-0.25, -0.2) is 0 Å². The number of hydrogen-bond acceptors (Lipinski definition) is 2. The van der Waals surface area contributed by atoms with Gasteiger partial charge in [0, 0.05) is 10.9 Å². The Kier molecular flexibility index (Phi) is 2.67. The summed E-state index contributed by atoms with van der Waals surface area (Å²) in [5.41, 5.74) is 5.68. The molecule has 3 nitrogen and oxygen atoms in total. The van der Waals surface area contributed by atoms with E-state index in [1.54, 1.807) is 0 Å². The number of aromatic nitrogens is 2. The maximum atomic E-state index is 4.83. The molecule has 0 aliphatic carbocycles. The van der Waals surface area contributed by atoms with Gasteiger partial charge in [-0.15, -0.1) is 0 Å². The molecule has 1 aromatic heterocycles. The molecular formula is C18H17N3. The van der Waals surface area contributed by atoms with Crippen LogP contribution in [0.15, 0.2) is 53.5 Å². The van der Waals surface area contributed by atoms with Crippen molar-refractivity contribution in [2.75, 3.05) is 6.54 Å². The van der Waals surface area contributed by atoms with E-state index in [2.05, 4.69) is 61.0 Å². The molecule has 0 fully saturated rings. The zero-order valence-electron chi connectivity index (χ0n) is 12.2. The zero-order valence-corrected chi connectivity index (χ0v) is 12.2. The number of hydrogen-bond donors (Lipinski definition) is 0. The quantitative estimate of drug-likeness (QED) is 0.665. The Morgan fingerprint density at radius 2 is 1.81 bits per heavy atom. The SMILES string of the molecule is Cc1ccc(C2=NCC(C)n3nc4ccccc4c32)cc1. The predicted octanol–water partition coefficient (Wildman–Crippen LogP) is 3.76. The van der Waals surface area contributed by atoms with Crippen molar-refractivity contribution in [1.29, 1.82) is 0 Å². The zero-order chi connectivity index (χ0) is 14.4. The number of fused-ring (bicyclic) bond motifs is 3. The van der Waals surface area contributed by atoms with Gasteiger partial charge in [0.05, 0.1) is 29.5 Å². The lowest BCUT2D eigenvalue weighted by atomic mass is 10.0. The van der Waals surface area contributed by atoms with Crippen LogP contribution in [0, 0.1) is 6.92 Å². The number of aliphatic imine (C=N–C) groups is 1. The van der Waals surface area contributed by atoms with E-state index in [1.807, 2.05) is 6.07 Å². The van der Waals surface area contributed by atoms with Crippen molar-refractivity contribution < 1.29 is 0 Å². The molecule has 3 heteroatoms. The van der Waals surface area contributed by atoms with Crippen LogP contribution >= 0.6 is 0 Å². The third-order valence-corrected chi connectivity index (χ3v) is 4.08. The van der Waals surface area contributed by atoms with Gasteiger partial charge in [0.2, 0.25) is 0 Å². The molecule has 4 rings (SSSR count). The van der Waals surface area contributed by atoms with Crippen LogP contribution < -0.4 is 0 Å². The highest BCUT2D eigenvalue weighted by Crippen LogP contribution is 2.28. The largest absolute Gasteiger partial charge is 0.280 e. The van der Waals surface area contributed by atoms with Gasteiger partial charge < -0.3 is 0 Å². The number of nitrogens with zero attached hydrogens (tertiary/aromatic N) is 3. The van der Waals surface area contributed by atoms with Gasteiger partial charge in [0.1, 0.15) is 0 Å². The molecular weight excluding hydrogens is 258 g/mol. The molecule has 1 aliphatic heterocycles. The molecule has 0 saturated carbocycles. The number of aryl methyl sites for hydroxylation is 1. The molecule has 0 spiro atoms. The van der Waals surface area contributed by atoms with Crippen molar-refractivity contribution in [3.05, 3.63) is 65.4 Å². The molecule has 0 radical (unpaired) electrons. The Labute approximate surface area is 123 Å². The Hall–Kier alpha value is -2.42. The number of benzene rings is 2. The lowest BCUT2D eigenvalue weighted by molar-refractivity contribution is 0.492. The van der Waals surface area contributed by atoms with Crippen molar-refractivity contribution in [3.63, 3.8) is 0 Å². The molecule has 0 N–H and O–H groups in total. The second-order valence-electron chi connectivity index (χ2n) is 5.71. The normalized spacial score (nSPS) is 17.6. The van der Waals surface area contributed by atoms with E-state index in [0.717, 1.165) is 23.5 Å². The van der Waals surface area contributed by atoms with Gasteiger partial charge in [-0.2, -0.15) is 5.10 Å². The molecule has 3 aromatic rings. The summed E-state index contributed by atoms with van der Waals surface area (Å²) in [7, 11) is 0. The minimum Gasteiger partial charge on any atom is -0.280 e. The van der Waals surface area contributed by atoms with Crippen molar-refractivity contribution in [1.82, 2.24) is 9.78 Å².